The molecule has 0 radical (unpaired) electrons. The van der Waals surface area contributed by atoms with Gasteiger partial charge in [0.05, 0.1) is 11.3 Å². The van der Waals surface area contributed by atoms with Crippen LogP contribution in [-0.2, 0) is 6.42 Å². The van der Waals surface area contributed by atoms with Gasteiger partial charge in [-0.1, -0.05) is 6.92 Å². The number of carbonyl (C=O) groups is 1. The molecule has 2 aromatic rings. The Bertz CT molecular complexity index is 605. The van der Waals surface area contributed by atoms with Crippen LogP contribution in [0.3, 0.4) is 0 Å². The summed E-state index contributed by atoms with van der Waals surface area (Å²) in [6.45, 7) is 1.86. The minimum Gasteiger partial charge on any atom is -0.458 e. The summed E-state index contributed by atoms with van der Waals surface area (Å²) in [7, 11) is 0. The maximum atomic E-state index is 13.7. The molecule has 2 N–H and O–H groups in total. The van der Waals surface area contributed by atoms with Crippen LogP contribution in [0.15, 0.2) is 28.7 Å². The molecule has 94 valence electrons. The number of anilines is 1. The maximum absolute atomic E-state index is 13.7. The molecule has 0 amide bonds. The Morgan fingerprint density at radius 1 is 1.33 bits per heavy atom. The number of benzene rings is 1. The summed E-state index contributed by atoms with van der Waals surface area (Å²) in [5.41, 5.74) is 4.44. The van der Waals surface area contributed by atoms with E-state index < -0.39 is 28.7 Å². The van der Waals surface area contributed by atoms with Gasteiger partial charge in [-0.05, 0) is 24.3 Å². The molecule has 0 atom stereocenters. The first-order valence-electron chi connectivity index (χ1n) is 5.41. The zero-order valence-corrected chi connectivity index (χ0v) is 9.67. The normalized spacial score (nSPS) is 10.6. The highest BCUT2D eigenvalue weighted by molar-refractivity contribution is 6.07. The fourth-order valence-electron chi connectivity index (χ4n) is 1.60. The fourth-order valence-corrected chi connectivity index (χ4v) is 1.60. The predicted octanol–water partition coefficient (Wildman–Crippen LogP) is 2.93. The van der Waals surface area contributed by atoms with Crippen molar-refractivity contribution >= 4 is 11.5 Å². The molecule has 2 rings (SSSR count). The molecule has 0 aliphatic rings. The first-order valence-corrected chi connectivity index (χ1v) is 5.41. The van der Waals surface area contributed by atoms with E-state index in [9.17, 15) is 13.6 Å². The number of ketones is 1. The molecule has 1 heterocycles. The van der Waals surface area contributed by atoms with E-state index in [2.05, 4.69) is 0 Å². The van der Waals surface area contributed by atoms with Gasteiger partial charge in [-0.25, -0.2) is 8.78 Å². The van der Waals surface area contributed by atoms with Gasteiger partial charge < -0.3 is 10.2 Å². The van der Waals surface area contributed by atoms with Crippen LogP contribution in [0.25, 0.3) is 0 Å². The van der Waals surface area contributed by atoms with E-state index in [1.165, 1.54) is 6.07 Å². The third-order valence-corrected chi connectivity index (χ3v) is 2.54. The second kappa shape index (κ2) is 4.60. The van der Waals surface area contributed by atoms with Gasteiger partial charge >= 0.3 is 0 Å². The van der Waals surface area contributed by atoms with E-state index >= 15 is 0 Å². The number of hydrogen-bond acceptors (Lipinski definition) is 3. The van der Waals surface area contributed by atoms with Gasteiger partial charge in [-0.15, -0.1) is 0 Å². The van der Waals surface area contributed by atoms with Crippen LogP contribution in [0, 0.1) is 11.6 Å². The van der Waals surface area contributed by atoms with Gasteiger partial charge in [0.1, 0.15) is 11.6 Å². The second-order valence-electron chi connectivity index (χ2n) is 3.81. The average molecular weight is 251 g/mol. The zero-order chi connectivity index (χ0) is 13.3. The Hall–Kier alpha value is -2.17. The van der Waals surface area contributed by atoms with Crippen molar-refractivity contribution in [2.75, 3.05) is 5.73 Å². The number of nitrogens with two attached hydrogens (primary N) is 1. The molecule has 0 saturated carbocycles. The first kappa shape index (κ1) is 12.3. The van der Waals surface area contributed by atoms with Crippen LogP contribution >= 0.6 is 0 Å². The molecule has 0 unspecified atom stereocenters. The summed E-state index contributed by atoms with van der Waals surface area (Å²) in [6, 6.07) is 4.68. The number of carbonyl (C=O) groups excluding carboxylic acids is 1. The van der Waals surface area contributed by atoms with E-state index in [1.54, 1.807) is 6.07 Å². The van der Waals surface area contributed by atoms with Crippen LogP contribution < -0.4 is 5.73 Å². The molecule has 18 heavy (non-hydrogen) atoms. The molecule has 1 aromatic carbocycles. The lowest BCUT2D eigenvalue weighted by molar-refractivity contribution is 0.100. The summed E-state index contributed by atoms with van der Waals surface area (Å²) in [4.78, 5) is 11.9. The van der Waals surface area contributed by atoms with E-state index in [-0.39, 0.29) is 5.76 Å². The van der Waals surface area contributed by atoms with Gasteiger partial charge in [0.15, 0.2) is 11.6 Å². The molecule has 0 aliphatic carbocycles. The van der Waals surface area contributed by atoms with Gasteiger partial charge in [-0.3, -0.25) is 4.79 Å². The third-order valence-electron chi connectivity index (χ3n) is 2.54. The molecular weight excluding hydrogens is 240 g/mol. The smallest absolute Gasteiger partial charge is 0.231 e. The first-order chi connectivity index (χ1) is 8.52. The minimum atomic E-state index is -0.934. The highest BCUT2D eigenvalue weighted by atomic mass is 19.1. The van der Waals surface area contributed by atoms with Gasteiger partial charge in [0, 0.05) is 6.42 Å². The van der Waals surface area contributed by atoms with E-state index in [4.69, 9.17) is 10.2 Å². The number of aryl methyl sites for hydroxylation is 1. The Balaban J connectivity index is 2.45. The predicted molar refractivity (Wildman–Crippen MR) is 62.3 cm³/mol. The Kier molecular flexibility index (Phi) is 3.14. The number of rotatable bonds is 3. The van der Waals surface area contributed by atoms with Crippen molar-refractivity contribution in [3.63, 3.8) is 0 Å². The topological polar surface area (TPSA) is 56.2 Å². The lowest BCUT2D eigenvalue weighted by atomic mass is 10.1. The van der Waals surface area contributed by atoms with Crippen LogP contribution in [0.4, 0.5) is 14.5 Å². The van der Waals surface area contributed by atoms with E-state index in [1.807, 2.05) is 6.92 Å². The number of nitrogen functional groups attached to an aromatic ring is 1. The monoisotopic (exact) mass is 251 g/mol. The highest BCUT2D eigenvalue weighted by Gasteiger charge is 2.20. The van der Waals surface area contributed by atoms with Crippen molar-refractivity contribution in [1.82, 2.24) is 0 Å². The van der Waals surface area contributed by atoms with Crippen LogP contribution in [0.1, 0.15) is 28.8 Å². The van der Waals surface area contributed by atoms with Crippen molar-refractivity contribution in [3.05, 3.63) is 53.0 Å². The van der Waals surface area contributed by atoms with Crippen molar-refractivity contribution < 1.29 is 18.0 Å². The Labute approximate surface area is 102 Å². The standard InChI is InChI=1S/C13H11F2NO2/c1-2-8-3-4-11(18-8)13(17)9-5-7(14)6-10(16)12(9)15/h3-6H,2,16H2,1H3. The number of halogens is 2. The zero-order valence-electron chi connectivity index (χ0n) is 9.67. The molecule has 5 heteroatoms. The third kappa shape index (κ3) is 2.11. The Morgan fingerprint density at radius 2 is 2.06 bits per heavy atom. The second-order valence-corrected chi connectivity index (χ2v) is 3.81. The SMILES string of the molecule is CCc1ccc(C(=O)c2cc(F)cc(N)c2F)o1. The van der Waals surface area contributed by atoms with Gasteiger partial charge in [-0.2, -0.15) is 0 Å². The quantitative estimate of drug-likeness (QED) is 0.674. The molecule has 0 spiro atoms. The summed E-state index contributed by atoms with van der Waals surface area (Å²) >= 11 is 0. The largest absolute Gasteiger partial charge is 0.458 e. The van der Waals surface area contributed by atoms with E-state index in [0.29, 0.717) is 12.2 Å². The van der Waals surface area contributed by atoms with Crippen LogP contribution in [0.5, 0.6) is 0 Å². The van der Waals surface area contributed by atoms with Crippen molar-refractivity contribution in [3.8, 4) is 0 Å². The van der Waals surface area contributed by atoms with E-state index in [0.717, 1.165) is 12.1 Å². The lowest BCUT2D eigenvalue weighted by Crippen LogP contribution is -2.06. The molecule has 0 bridgehead atoms. The van der Waals surface area contributed by atoms with Crippen LogP contribution in [-0.4, -0.2) is 5.78 Å². The number of hydrogen-bond donors (Lipinski definition) is 1. The summed E-state index contributed by atoms with van der Waals surface area (Å²) in [5.74, 6) is -1.85. The van der Waals surface area contributed by atoms with Crippen molar-refractivity contribution in [1.29, 1.82) is 0 Å². The minimum absolute atomic E-state index is 0.0317. The molecule has 0 fully saturated rings. The fraction of sp³-hybridized carbons (Fsp3) is 0.154. The summed E-state index contributed by atoms with van der Waals surface area (Å²) in [6.07, 6.45) is 0.612. The molecule has 3 nitrogen and oxygen atoms in total. The lowest BCUT2D eigenvalue weighted by Gasteiger charge is -2.03. The summed E-state index contributed by atoms with van der Waals surface area (Å²) < 4.78 is 32.0. The van der Waals surface area contributed by atoms with Gasteiger partial charge in [0.25, 0.3) is 0 Å². The number of furan rings is 1. The molecule has 0 aliphatic heterocycles. The van der Waals surface area contributed by atoms with Crippen molar-refractivity contribution in [2.45, 2.75) is 13.3 Å². The van der Waals surface area contributed by atoms with Crippen molar-refractivity contribution in [2.24, 2.45) is 0 Å². The average Bonchev–Trinajstić information content (AvgIpc) is 2.81. The highest BCUT2D eigenvalue weighted by Crippen LogP contribution is 2.21. The summed E-state index contributed by atoms with van der Waals surface area (Å²) in [5, 5.41) is 0. The molecule has 1 aromatic heterocycles. The maximum Gasteiger partial charge on any atom is 0.231 e. The van der Waals surface area contributed by atoms with Crippen LogP contribution in [0.2, 0.25) is 0 Å². The Morgan fingerprint density at radius 3 is 2.67 bits per heavy atom. The molecular formula is C13H11F2NO2. The van der Waals surface area contributed by atoms with Gasteiger partial charge in [0.2, 0.25) is 5.78 Å². The molecule has 0 saturated heterocycles.